The first-order valence-electron chi connectivity index (χ1n) is 13.4. The van der Waals surface area contributed by atoms with Gasteiger partial charge in [0.15, 0.2) is 5.96 Å². The van der Waals surface area contributed by atoms with Crippen LogP contribution in [0.1, 0.15) is 73.0 Å². The van der Waals surface area contributed by atoms with Crippen LogP contribution in [0.2, 0.25) is 0 Å². The van der Waals surface area contributed by atoms with E-state index >= 15 is 0 Å². The third-order valence-corrected chi connectivity index (χ3v) is 7.62. The molecule has 0 bridgehead atoms. The summed E-state index contributed by atoms with van der Waals surface area (Å²) in [6.45, 7) is 2.76. The fourth-order valence-corrected chi connectivity index (χ4v) is 5.56. The van der Waals surface area contributed by atoms with Gasteiger partial charge in [-0.1, -0.05) is 56.5 Å². The van der Waals surface area contributed by atoms with Crippen molar-refractivity contribution in [3.63, 3.8) is 0 Å². The highest BCUT2D eigenvalue weighted by Gasteiger charge is 2.28. The quantitative estimate of drug-likeness (QED) is 0.391. The van der Waals surface area contributed by atoms with E-state index in [2.05, 4.69) is 17.9 Å². The summed E-state index contributed by atoms with van der Waals surface area (Å²) in [4.78, 5) is 22.1. The molecule has 2 N–H and O–H groups in total. The number of aliphatic imine (C=N–C) groups is 1. The Bertz CT molecular complexity index is 1270. The van der Waals surface area contributed by atoms with Crippen LogP contribution >= 0.6 is 0 Å². The lowest BCUT2D eigenvalue weighted by Gasteiger charge is -2.36. The molecule has 37 heavy (non-hydrogen) atoms. The molecule has 0 saturated heterocycles. The van der Waals surface area contributed by atoms with Crippen molar-refractivity contribution in [2.75, 3.05) is 7.05 Å². The number of nitrogens with zero attached hydrogens (tertiary/aromatic N) is 3. The van der Waals surface area contributed by atoms with Gasteiger partial charge in [-0.2, -0.15) is 0 Å². The van der Waals surface area contributed by atoms with Gasteiger partial charge in [-0.15, -0.1) is 0 Å². The summed E-state index contributed by atoms with van der Waals surface area (Å²) in [5.74, 6) is 2.15. The molecule has 0 aromatic heterocycles. The molecule has 2 aliphatic rings. The molecule has 0 radical (unpaired) electrons. The molecular weight excluding hydrogens is 460 g/mol. The number of hydrogen-bond acceptors (Lipinski definition) is 5. The average Bonchev–Trinajstić information content (AvgIpc) is 2.94. The number of para-hydroxylation sites is 1. The van der Waals surface area contributed by atoms with E-state index in [1.165, 1.54) is 19.3 Å². The molecule has 0 spiro atoms. The number of guanidine groups is 1. The van der Waals surface area contributed by atoms with Crippen LogP contribution in [0.3, 0.4) is 0 Å². The molecule has 1 aliphatic carbocycles. The van der Waals surface area contributed by atoms with Gasteiger partial charge in [0.25, 0.3) is 5.91 Å². The Balaban J connectivity index is 1.36. The van der Waals surface area contributed by atoms with E-state index in [9.17, 15) is 4.79 Å². The summed E-state index contributed by atoms with van der Waals surface area (Å²) in [5.41, 5.74) is 10.2. The summed E-state index contributed by atoms with van der Waals surface area (Å²) in [7, 11) is 1.95. The van der Waals surface area contributed by atoms with Gasteiger partial charge in [0, 0.05) is 30.8 Å². The van der Waals surface area contributed by atoms with Crippen molar-refractivity contribution in [3.8, 4) is 11.5 Å². The van der Waals surface area contributed by atoms with E-state index in [4.69, 9.17) is 15.5 Å². The Hall–Kier alpha value is -3.80. The number of carbonyl (C=O) groups excluding carboxylic acids is 1. The van der Waals surface area contributed by atoms with Crippen LogP contribution in [0.4, 0.5) is 5.69 Å². The van der Waals surface area contributed by atoms with E-state index in [1.54, 1.807) is 0 Å². The van der Waals surface area contributed by atoms with E-state index in [-0.39, 0.29) is 11.9 Å². The number of fused-ring (bicyclic) bond motifs is 1. The molecule has 3 aromatic carbocycles. The Labute approximate surface area is 219 Å². The molecule has 1 fully saturated rings. The fraction of sp³-hybridized carbons (Fsp3) is 0.355. The van der Waals surface area contributed by atoms with Gasteiger partial charge in [-0.3, -0.25) is 4.79 Å². The molecule has 5 rings (SSSR count). The minimum absolute atomic E-state index is 0.00309. The molecule has 1 saturated carbocycles. The number of benzene rings is 3. The molecule has 1 heterocycles. The third-order valence-electron chi connectivity index (χ3n) is 7.62. The maximum atomic E-state index is 13.3. The van der Waals surface area contributed by atoms with Gasteiger partial charge in [0.05, 0.1) is 11.7 Å². The maximum Gasteiger partial charge on any atom is 0.253 e. The molecule has 1 aliphatic heterocycles. The van der Waals surface area contributed by atoms with Crippen LogP contribution in [0.25, 0.3) is 0 Å². The first-order valence-corrected chi connectivity index (χ1v) is 13.4. The van der Waals surface area contributed by atoms with Crippen LogP contribution in [0.15, 0.2) is 77.8 Å². The lowest BCUT2D eigenvalue weighted by molar-refractivity contribution is 0.0696. The number of nitrogens with two attached hydrogens (primary N) is 1. The van der Waals surface area contributed by atoms with Crippen molar-refractivity contribution < 1.29 is 9.53 Å². The maximum absolute atomic E-state index is 13.3. The van der Waals surface area contributed by atoms with Crippen molar-refractivity contribution in [1.82, 2.24) is 9.80 Å². The molecule has 1 amide bonds. The molecule has 1 atom stereocenters. The van der Waals surface area contributed by atoms with Crippen molar-refractivity contribution in [2.45, 2.75) is 64.1 Å². The van der Waals surface area contributed by atoms with Crippen LogP contribution in [0.5, 0.6) is 11.5 Å². The van der Waals surface area contributed by atoms with E-state index in [1.807, 2.05) is 78.7 Å². The standard InChI is InChI=1S/C31H36N4O2/c1-3-29(22-11-10-12-23(19-22)30(36)34(2)25-13-6-4-7-14-25)35-21-24-20-27(17-18-28(24)33-31(35)32)37-26-15-8-5-9-16-26/h5,8-12,15-20,25,29H,3-4,6-7,13-14,21H2,1-2H3,(H2,32,33). The van der Waals surface area contributed by atoms with E-state index in [0.717, 1.165) is 53.1 Å². The number of carbonyl (C=O) groups is 1. The predicted molar refractivity (Wildman–Crippen MR) is 148 cm³/mol. The summed E-state index contributed by atoms with van der Waals surface area (Å²) >= 11 is 0. The molecular formula is C31H36N4O2. The lowest BCUT2D eigenvalue weighted by atomic mass is 9.93. The first-order chi connectivity index (χ1) is 18.0. The topological polar surface area (TPSA) is 71.2 Å². The van der Waals surface area contributed by atoms with Crippen molar-refractivity contribution >= 4 is 17.6 Å². The van der Waals surface area contributed by atoms with Crippen molar-refractivity contribution in [1.29, 1.82) is 0 Å². The van der Waals surface area contributed by atoms with Gasteiger partial charge in [-0.25, -0.2) is 4.99 Å². The summed E-state index contributed by atoms with van der Waals surface area (Å²) < 4.78 is 6.05. The zero-order chi connectivity index (χ0) is 25.8. The van der Waals surface area contributed by atoms with E-state index < -0.39 is 0 Å². The highest BCUT2D eigenvalue weighted by atomic mass is 16.5. The minimum atomic E-state index is 0.00309. The minimum Gasteiger partial charge on any atom is -0.457 e. The Kier molecular flexibility index (Phi) is 7.45. The van der Waals surface area contributed by atoms with Crippen molar-refractivity contribution in [3.05, 3.63) is 89.5 Å². The van der Waals surface area contributed by atoms with Crippen molar-refractivity contribution in [2.24, 2.45) is 10.7 Å². The fourth-order valence-electron chi connectivity index (χ4n) is 5.56. The lowest BCUT2D eigenvalue weighted by Crippen LogP contribution is -2.41. The number of rotatable bonds is 7. The van der Waals surface area contributed by atoms with Crippen LogP contribution in [-0.4, -0.2) is 34.8 Å². The molecule has 3 aromatic rings. The summed E-state index contributed by atoms with van der Waals surface area (Å²) in [6.07, 6.45) is 6.70. The van der Waals surface area contributed by atoms with Gasteiger partial charge in [0.2, 0.25) is 0 Å². The predicted octanol–water partition coefficient (Wildman–Crippen LogP) is 6.80. The Morgan fingerprint density at radius 2 is 1.81 bits per heavy atom. The Morgan fingerprint density at radius 3 is 2.57 bits per heavy atom. The summed E-state index contributed by atoms with van der Waals surface area (Å²) in [6, 6.07) is 24.0. The zero-order valence-corrected chi connectivity index (χ0v) is 21.8. The SMILES string of the molecule is CCC(c1cccc(C(=O)N(C)C2CCCCC2)c1)N1Cc2cc(Oc3ccccc3)ccc2N=C1N. The second-order valence-electron chi connectivity index (χ2n) is 10.1. The first kappa shape index (κ1) is 24.9. The van der Waals surface area contributed by atoms with Crippen LogP contribution in [0, 0.1) is 0 Å². The van der Waals surface area contributed by atoms with Gasteiger partial charge >= 0.3 is 0 Å². The largest absolute Gasteiger partial charge is 0.457 e. The average molecular weight is 497 g/mol. The number of amides is 1. The molecule has 6 nitrogen and oxygen atoms in total. The second-order valence-corrected chi connectivity index (χ2v) is 10.1. The Morgan fingerprint density at radius 1 is 1.03 bits per heavy atom. The normalized spacial score (nSPS) is 16.5. The van der Waals surface area contributed by atoms with E-state index in [0.29, 0.717) is 18.5 Å². The van der Waals surface area contributed by atoms with Gasteiger partial charge in [0.1, 0.15) is 11.5 Å². The highest BCUT2D eigenvalue weighted by molar-refractivity contribution is 5.94. The van der Waals surface area contributed by atoms with Gasteiger partial charge in [-0.05, 0) is 67.3 Å². The highest BCUT2D eigenvalue weighted by Crippen LogP contribution is 2.36. The third kappa shape index (κ3) is 5.48. The van der Waals surface area contributed by atoms with Crippen LogP contribution < -0.4 is 10.5 Å². The molecule has 6 heteroatoms. The van der Waals surface area contributed by atoms with Gasteiger partial charge < -0.3 is 20.3 Å². The molecule has 192 valence electrons. The summed E-state index contributed by atoms with van der Waals surface area (Å²) in [5, 5.41) is 0. The zero-order valence-electron chi connectivity index (χ0n) is 21.8. The smallest absolute Gasteiger partial charge is 0.253 e. The monoisotopic (exact) mass is 496 g/mol. The van der Waals surface area contributed by atoms with Crippen LogP contribution in [-0.2, 0) is 6.54 Å². The number of hydrogen-bond donors (Lipinski definition) is 1. The second kappa shape index (κ2) is 11.1. The molecule has 1 unspecified atom stereocenters. The number of ether oxygens (including phenoxy) is 1.